The maximum atomic E-state index is 12.9. The fourth-order valence-corrected chi connectivity index (χ4v) is 2.96. The summed E-state index contributed by atoms with van der Waals surface area (Å²) in [6.07, 6.45) is 0.955. The molecular formula is C22H24FN3O3. The summed E-state index contributed by atoms with van der Waals surface area (Å²) in [6, 6.07) is 15.5. The number of amides is 2. The zero-order valence-electron chi connectivity index (χ0n) is 16.4. The van der Waals surface area contributed by atoms with Crippen LogP contribution in [0.25, 0.3) is 0 Å². The van der Waals surface area contributed by atoms with Crippen LogP contribution in [-0.4, -0.2) is 54.2 Å². The number of hydrogen-bond donors (Lipinski definition) is 0. The zero-order valence-corrected chi connectivity index (χ0v) is 16.4. The maximum absolute atomic E-state index is 12.9. The third kappa shape index (κ3) is 5.88. The molecule has 0 radical (unpaired) electrons. The molecule has 0 aliphatic carbocycles. The molecule has 2 amide bonds. The Morgan fingerprint density at radius 2 is 1.83 bits per heavy atom. The van der Waals surface area contributed by atoms with Gasteiger partial charge in [0.25, 0.3) is 0 Å². The number of likely N-dealkylation sites (N-methyl/N-ethyl adjacent to an activating group) is 1. The second-order valence-corrected chi connectivity index (χ2v) is 6.80. The molecule has 6 nitrogen and oxygen atoms in total. The monoisotopic (exact) mass is 397 g/mol. The van der Waals surface area contributed by atoms with Gasteiger partial charge in [-0.3, -0.25) is 9.59 Å². The molecule has 29 heavy (non-hydrogen) atoms. The minimum Gasteiger partial charge on any atom is -0.492 e. The Hall–Kier alpha value is -3.22. The van der Waals surface area contributed by atoms with E-state index >= 15 is 0 Å². The summed E-state index contributed by atoms with van der Waals surface area (Å²) in [5, 5.41) is 5.85. The van der Waals surface area contributed by atoms with Crippen molar-refractivity contribution < 1.29 is 18.7 Å². The molecule has 2 aromatic rings. The van der Waals surface area contributed by atoms with Gasteiger partial charge in [-0.15, -0.1) is 0 Å². The van der Waals surface area contributed by atoms with Gasteiger partial charge in [-0.2, -0.15) is 5.10 Å². The molecular weight excluding hydrogens is 373 g/mol. The van der Waals surface area contributed by atoms with Crippen molar-refractivity contribution in [3.8, 4) is 5.75 Å². The molecule has 3 rings (SSSR count). The topological polar surface area (TPSA) is 62.2 Å². The summed E-state index contributed by atoms with van der Waals surface area (Å²) < 4.78 is 18.4. The first-order valence-electron chi connectivity index (χ1n) is 9.58. The number of halogens is 1. The fraction of sp³-hybridized carbons (Fsp3) is 0.318. The van der Waals surface area contributed by atoms with Crippen molar-refractivity contribution in [2.45, 2.75) is 19.3 Å². The molecule has 0 bridgehead atoms. The lowest BCUT2D eigenvalue weighted by atomic mass is 10.1. The molecule has 1 aliphatic heterocycles. The lowest BCUT2D eigenvalue weighted by molar-refractivity contribution is -0.136. The van der Waals surface area contributed by atoms with Crippen LogP contribution < -0.4 is 4.74 Å². The quantitative estimate of drug-likeness (QED) is 0.688. The van der Waals surface area contributed by atoms with Gasteiger partial charge in [0.05, 0.1) is 18.8 Å². The van der Waals surface area contributed by atoms with E-state index in [4.69, 9.17) is 4.74 Å². The number of carbonyl (C=O) groups excluding carboxylic acids is 2. The summed E-state index contributed by atoms with van der Waals surface area (Å²) >= 11 is 0. The molecule has 2 aromatic carbocycles. The van der Waals surface area contributed by atoms with Crippen LogP contribution in [0.3, 0.4) is 0 Å². The number of rotatable bonds is 8. The highest BCUT2D eigenvalue weighted by atomic mass is 19.1. The van der Waals surface area contributed by atoms with Crippen molar-refractivity contribution in [3.05, 3.63) is 66.0 Å². The van der Waals surface area contributed by atoms with Gasteiger partial charge >= 0.3 is 0 Å². The summed E-state index contributed by atoms with van der Waals surface area (Å²) in [4.78, 5) is 26.1. The molecule has 152 valence electrons. The fourth-order valence-electron chi connectivity index (χ4n) is 2.96. The largest absolute Gasteiger partial charge is 0.492 e. The van der Waals surface area contributed by atoms with E-state index in [2.05, 4.69) is 5.10 Å². The Balaban J connectivity index is 1.39. The Morgan fingerprint density at radius 3 is 2.55 bits per heavy atom. The lowest BCUT2D eigenvalue weighted by Gasteiger charge is -2.18. The smallest absolute Gasteiger partial charge is 0.243 e. The molecule has 1 aliphatic rings. The maximum Gasteiger partial charge on any atom is 0.243 e. The van der Waals surface area contributed by atoms with Crippen molar-refractivity contribution in [3.63, 3.8) is 0 Å². The van der Waals surface area contributed by atoms with Crippen LogP contribution in [0.5, 0.6) is 5.75 Å². The van der Waals surface area contributed by atoms with Crippen LogP contribution >= 0.6 is 0 Å². The number of benzene rings is 2. The Bertz CT molecular complexity index is 869. The average molecular weight is 397 g/mol. The van der Waals surface area contributed by atoms with E-state index in [9.17, 15) is 14.0 Å². The second-order valence-electron chi connectivity index (χ2n) is 6.80. The number of hydrazone groups is 1. The molecule has 0 saturated heterocycles. The van der Waals surface area contributed by atoms with Crippen molar-refractivity contribution in [2.24, 2.45) is 5.10 Å². The van der Waals surface area contributed by atoms with Gasteiger partial charge in [-0.05, 0) is 29.8 Å². The van der Waals surface area contributed by atoms with Gasteiger partial charge in [0.15, 0.2) is 0 Å². The van der Waals surface area contributed by atoms with Gasteiger partial charge in [-0.1, -0.05) is 30.3 Å². The van der Waals surface area contributed by atoms with Crippen LogP contribution in [0.2, 0.25) is 0 Å². The van der Waals surface area contributed by atoms with Gasteiger partial charge < -0.3 is 9.64 Å². The number of nitrogens with zero attached hydrogens (tertiary/aromatic N) is 3. The number of carbonyl (C=O) groups is 2. The van der Waals surface area contributed by atoms with Crippen molar-refractivity contribution in [1.82, 2.24) is 9.91 Å². The predicted molar refractivity (Wildman–Crippen MR) is 108 cm³/mol. The van der Waals surface area contributed by atoms with E-state index in [1.807, 2.05) is 30.3 Å². The van der Waals surface area contributed by atoms with Gasteiger partial charge in [-0.25, -0.2) is 9.40 Å². The molecule has 7 heteroatoms. The first kappa shape index (κ1) is 20.5. The molecule has 0 spiro atoms. The predicted octanol–water partition coefficient (Wildman–Crippen LogP) is 3.08. The molecule has 0 N–H and O–H groups in total. The minimum atomic E-state index is -0.326. The van der Waals surface area contributed by atoms with E-state index in [1.165, 1.54) is 34.2 Å². The first-order valence-corrected chi connectivity index (χ1v) is 9.58. The molecule has 0 unspecified atom stereocenters. The van der Waals surface area contributed by atoms with E-state index in [-0.39, 0.29) is 30.5 Å². The van der Waals surface area contributed by atoms with Crippen LogP contribution in [0.15, 0.2) is 59.7 Å². The van der Waals surface area contributed by atoms with Crippen LogP contribution in [0.4, 0.5) is 4.39 Å². The van der Waals surface area contributed by atoms with Crippen LogP contribution in [0, 0.1) is 5.82 Å². The molecule has 0 atom stereocenters. The van der Waals surface area contributed by atoms with E-state index in [1.54, 1.807) is 7.05 Å². The standard InChI is InChI=1S/C22H24FN3O3/c1-25(15-16-29-19-9-7-18(23)8-10-19)21(27)11-12-22(28)26-14-13-20(24-26)17-5-3-2-4-6-17/h2-10H,11-16H2,1H3. The first-order chi connectivity index (χ1) is 14.0. The molecule has 0 saturated carbocycles. The highest BCUT2D eigenvalue weighted by molar-refractivity contribution is 6.02. The third-order valence-electron chi connectivity index (χ3n) is 4.68. The highest BCUT2D eigenvalue weighted by Crippen LogP contribution is 2.15. The summed E-state index contributed by atoms with van der Waals surface area (Å²) in [7, 11) is 1.67. The zero-order chi connectivity index (χ0) is 20.6. The summed E-state index contributed by atoms with van der Waals surface area (Å²) in [5.74, 6) is -0.0659. The number of ether oxygens (including phenoxy) is 1. The van der Waals surface area contributed by atoms with E-state index < -0.39 is 0 Å². The van der Waals surface area contributed by atoms with Crippen LogP contribution in [-0.2, 0) is 9.59 Å². The SMILES string of the molecule is CN(CCOc1ccc(F)cc1)C(=O)CCC(=O)N1CCC(c2ccccc2)=N1. The van der Waals surface area contributed by atoms with Gasteiger partial charge in [0.1, 0.15) is 18.2 Å². The van der Waals surface area contributed by atoms with Crippen molar-refractivity contribution in [2.75, 3.05) is 26.7 Å². The Morgan fingerprint density at radius 1 is 1.10 bits per heavy atom. The third-order valence-corrected chi connectivity index (χ3v) is 4.68. The van der Waals surface area contributed by atoms with E-state index in [0.717, 1.165) is 11.3 Å². The lowest BCUT2D eigenvalue weighted by Crippen LogP contribution is -2.32. The number of hydrogen-bond acceptors (Lipinski definition) is 4. The van der Waals surface area contributed by atoms with Crippen molar-refractivity contribution in [1.29, 1.82) is 0 Å². The Labute approximate surface area is 169 Å². The summed E-state index contributed by atoms with van der Waals surface area (Å²) in [5.41, 5.74) is 1.90. The van der Waals surface area contributed by atoms with E-state index in [0.29, 0.717) is 31.9 Å². The normalized spacial score (nSPS) is 13.2. The van der Waals surface area contributed by atoms with Gasteiger partial charge in [0, 0.05) is 26.3 Å². The van der Waals surface area contributed by atoms with Crippen molar-refractivity contribution >= 4 is 17.5 Å². The second kappa shape index (κ2) is 9.82. The molecule has 0 aromatic heterocycles. The Kier molecular flexibility index (Phi) is 6.94. The molecule has 1 heterocycles. The van der Waals surface area contributed by atoms with Gasteiger partial charge in [0.2, 0.25) is 11.8 Å². The molecule has 0 fully saturated rings. The highest BCUT2D eigenvalue weighted by Gasteiger charge is 2.22. The summed E-state index contributed by atoms with van der Waals surface area (Å²) in [6.45, 7) is 1.21. The minimum absolute atomic E-state index is 0.119. The van der Waals surface area contributed by atoms with Crippen LogP contribution in [0.1, 0.15) is 24.8 Å². The average Bonchev–Trinajstić information content (AvgIpc) is 3.24.